The predicted molar refractivity (Wildman–Crippen MR) is 170 cm³/mol. The van der Waals surface area contributed by atoms with Gasteiger partial charge in [0, 0.05) is 10.7 Å². The molecular formula is C33H60Br2O3. The quantitative estimate of drug-likeness (QED) is 0.0738. The molecule has 0 heterocycles. The number of alkyl halides is 2. The number of hydrogen-bond donors (Lipinski definition) is 0. The molecule has 0 spiro atoms. The van der Waals surface area contributed by atoms with E-state index in [0.717, 1.165) is 61.0 Å². The van der Waals surface area contributed by atoms with E-state index in [1.807, 2.05) is 0 Å². The van der Waals surface area contributed by atoms with Crippen molar-refractivity contribution in [1.29, 1.82) is 0 Å². The molecule has 0 amide bonds. The molecule has 2 fully saturated rings. The molecule has 5 heteroatoms. The van der Waals surface area contributed by atoms with Crippen molar-refractivity contribution in [2.45, 2.75) is 167 Å². The van der Waals surface area contributed by atoms with Gasteiger partial charge < -0.3 is 9.47 Å². The standard InChI is InChI=1S/C33H60Br2O3/c1-3-5-7-13-27-17-21-29(22-18-27)31(15-9-11-25-34)37-33(36)38-32(16-10-12-26-35)30-23-19-28(20-24-30)14-8-6-4-2/h27-32H,3-26H2,1-2H3. The number of hydrogen-bond acceptors (Lipinski definition) is 3. The fourth-order valence-electron chi connectivity index (χ4n) is 7.00. The third-order valence-electron chi connectivity index (χ3n) is 9.51. The Morgan fingerprint density at radius 2 is 1.00 bits per heavy atom. The molecule has 2 rings (SSSR count). The van der Waals surface area contributed by atoms with Crippen molar-refractivity contribution in [2.24, 2.45) is 23.7 Å². The minimum absolute atomic E-state index is 0.0237. The van der Waals surface area contributed by atoms with Gasteiger partial charge in [-0.1, -0.05) is 123 Å². The Morgan fingerprint density at radius 1 is 0.605 bits per heavy atom. The lowest BCUT2D eigenvalue weighted by atomic mass is 9.76. The van der Waals surface area contributed by atoms with Crippen molar-refractivity contribution in [3.05, 3.63) is 0 Å². The van der Waals surface area contributed by atoms with Crippen molar-refractivity contribution in [2.75, 3.05) is 10.7 Å². The van der Waals surface area contributed by atoms with E-state index in [1.165, 1.54) is 103 Å². The summed E-state index contributed by atoms with van der Waals surface area (Å²) in [7, 11) is 0. The molecule has 0 saturated heterocycles. The summed E-state index contributed by atoms with van der Waals surface area (Å²) >= 11 is 7.15. The maximum Gasteiger partial charge on any atom is 0.508 e. The van der Waals surface area contributed by atoms with Crippen LogP contribution in [-0.2, 0) is 9.47 Å². The Kier molecular flexibility index (Phi) is 19.9. The van der Waals surface area contributed by atoms with Gasteiger partial charge in [0.2, 0.25) is 0 Å². The number of unbranched alkanes of at least 4 members (excludes halogenated alkanes) is 6. The van der Waals surface area contributed by atoms with Crippen LogP contribution in [0.1, 0.15) is 155 Å². The van der Waals surface area contributed by atoms with Gasteiger partial charge in [-0.25, -0.2) is 4.79 Å². The van der Waals surface area contributed by atoms with Gasteiger partial charge in [0.1, 0.15) is 12.2 Å². The second-order valence-electron chi connectivity index (χ2n) is 12.5. The average molecular weight is 665 g/mol. The molecule has 38 heavy (non-hydrogen) atoms. The summed E-state index contributed by atoms with van der Waals surface area (Å²) in [6.07, 6.45) is 27.0. The minimum Gasteiger partial charge on any atom is -0.431 e. The van der Waals surface area contributed by atoms with Crippen LogP contribution in [0.2, 0.25) is 0 Å². The molecule has 0 radical (unpaired) electrons. The smallest absolute Gasteiger partial charge is 0.431 e. The summed E-state index contributed by atoms with van der Waals surface area (Å²) < 4.78 is 12.4. The predicted octanol–water partition coefficient (Wildman–Crippen LogP) is 11.8. The Balaban J connectivity index is 1.89. The highest BCUT2D eigenvalue weighted by atomic mass is 79.9. The zero-order chi connectivity index (χ0) is 27.4. The van der Waals surface area contributed by atoms with E-state index in [4.69, 9.17) is 9.47 Å². The molecule has 2 unspecified atom stereocenters. The summed E-state index contributed by atoms with van der Waals surface area (Å²) in [5.74, 6) is 2.77. The van der Waals surface area contributed by atoms with Crippen LogP contribution in [-0.4, -0.2) is 29.0 Å². The van der Waals surface area contributed by atoms with Crippen LogP contribution in [0.4, 0.5) is 4.79 Å². The van der Waals surface area contributed by atoms with Crippen LogP contribution < -0.4 is 0 Å². The number of halogens is 2. The molecule has 3 nitrogen and oxygen atoms in total. The van der Waals surface area contributed by atoms with Gasteiger partial charge in [-0.15, -0.1) is 0 Å². The van der Waals surface area contributed by atoms with Crippen LogP contribution in [0.3, 0.4) is 0 Å². The molecule has 2 aliphatic carbocycles. The zero-order valence-electron chi connectivity index (χ0n) is 24.9. The van der Waals surface area contributed by atoms with Crippen molar-refractivity contribution in [1.82, 2.24) is 0 Å². The van der Waals surface area contributed by atoms with Gasteiger partial charge in [0.25, 0.3) is 0 Å². The van der Waals surface area contributed by atoms with Crippen LogP contribution >= 0.6 is 31.9 Å². The van der Waals surface area contributed by atoms with E-state index in [-0.39, 0.29) is 18.4 Å². The Morgan fingerprint density at radius 3 is 1.34 bits per heavy atom. The third kappa shape index (κ3) is 14.2. The van der Waals surface area contributed by atoms with E-state index in [2.05, 4.69) is 45.7 Å². The van der Waals surface area contributed by atoms with E-state index in [9.17, 15) is 4.79 Å². The van der Waals surface area contributed by atoms with Gasteiger partial charge in [-0.05, 0) is 87.9 Å². The number of ether oxygens (including phenoxy) is 2. The molecule has 0 aromatic heterocycles. The number of carbonyl (C=O) groups excluding carboxylic acids is 1. The summed E-state index contributed by atoms with van der Waals surface area (Å²) in [6, 6.07) is 0. The van der Waals surface area contributed by atoms with E-state index < -0.39 is 0 Å². The topological polar surface area (TPSA) is 35.5 Å². The van der Waals surface area contributed by atoms with Crippen molar-refractivity contribution < 1.29 is 14.3 Å². The molecular weight excluding hydrogens is 604 g/mol. The van der Waals surface area contributed by atoms with Gasteiger partial charge in [-0.3, -0.25) is 0 Å². The van der Waals surface area contributed by atoms with Crippen molar-refractivity contribution in [3.8, 4) is 0 Å². The second-order valence-corrected chi connectivity index (χ2v) is 14.1. The first kappa shape index (κ1) is 34.4. The highest BCUT2D eigenvalue weighted by Crippen LogP contribution is 2.38. The molecule has 0 aromatic rings. The van der Waals surface area contributed by atoms with Crippen LogP contribution in [0.5, 0.6) is 0 Å². The summed E-state index contributed by atoms with van der Waals surface area (Å²) in [5.41, 5.74) is 0. The maximum atomic E-state index is 13.2. The molecule has 0 aliphatic heterocycles. The molecule has 2 atom stereocenters. The van der Waals surface area contributed by atoms with Crippen molar-refractivity contribution in [3.63, 3.8) is 0 Å². The second kappa shape index (κ2) is 21.9. The van der Waals surface area contributed by atoms with Crippen LogP contribution in [0.25, 0.3) is 0 Å². The lowest BCUT2D eigenvalue weighted by Gasteiger charge is -2.35. The fourth-order valence-corrected chi connectivity index (χ4v) is 7.79. The normalized spacial score (nSPS) is 25.6. The molecule has 0 aromatic carbocycles. The lowest BCUT2D eigenvalue weighted by Crippen LogP contribution is -2.35. The molecule has 2 saturated carbocycles. The third-order valence-corrected chi connectivity index (χ3v) is 10.6. The molecule has 0 bridgehead atoms. The Bertz CT molecular complexity index is 523. The maximum absolute atomic E-state index is 13.2. The Labute approximate surface area is 253 Å². The first-order valence-corrected chi connectivity index (χ1v) is 18.8. The molecule has 2 aliphatic rings. The average Bonchev–Trinajstić information content (AvgIpc) is 2.93. The summed E-state index contributed by atoms with van der Waals surface area (Å²) in [5, 5.41) is 2.04. The first-order valence-electron chi connectivity index (χ1n) is 16.6. The summed E-state index contributed by atoms with van der Waals surface area (Å²) in [6.45, 7) is 4.58. The van der Waals surface area contributed by atoms with Gasteiger partial charge in [0.15, 0.2) is 0 Å². The number of rotatable bonds is 20. The van der Waals surface area contributed by atoms with E-state index in [1.54, 1.807) is 0 Å². The minimum atomic E-state index is -0.382. The SMILES string of the molecule is CCCCCC1CCC(C(CCCCBr)OC(=O)OC(CCCCBr)C2CCC(CCCCC)CC2)CC1. The lowest BCUT2D eigenvalue weighted by molar-refractivity contribution is -0.0482. The first-order chi connectivity index (χ1) is 18.6. The van der Waals surface area contributed by atoms with Crippen LogP contribution in [0.15, 0.2) is 0 Å². The molecule has 0 N–H and O–H groups in total. The fraction of sp³-hybridized carbons (Fsp3) is 0.970. The zero-order valence-corrected chi connectivity index (χ0v) is 28.1. The highest BCUT2D eigenvalue weighted by molar-refractivity contribution is 9.09. The molecule has 224 valence electrons. The van der Waals surface area contributed by atoms with Crippen LogP contribution in [0, 0.1) is 23.7 Å². The van der Waals surface area contributed by atoms with Crippen molar-refractivity contribution >= 4 is 38.0 Å². The highest BCUT2D eigenvalue weighted by Gasteiger charge is 2.33. The summed E-state index contributed by atoms with van der Waals surface area (Å²) in [4.78, 5) is 13.2. The Hall–Kier alpha value is 0.230. The van der Waals surface area contributed by atoms with Gasteiger partial charge in [0.05, 0.1) is 0 Å². The number of carbonyl (C=O) groups is 1. The van der Waals surface area contributed by atoms with Gasteiger partial charge >= 0.3 is 6.16 Å². The largest absolute Gasteiger partial charge is 0.508 e. The monoisotopic (exact) mass is 662 g/mol. The van der Waals surface area contributed by atoms with Gasteiger partial charge in [-0.2, -0.15) is 0 Å². The van der Waals surface area contributed by atoms with E-state index >= 15 is 0 Å². The van der Waals surface area contributed by atoms with E-state index in [0.29, 0.717) is 11.8 Å².